The van der Waals surface area contributed by atoms with Gasteiger partial charge in [-0.05, 0) is 0 Å². The summed E-state index contributed by atoms with van der Waals surface area (Å²) >= 11 is 8.49. The van der Waals surface area contributed by atoms with Gasteiger partial charge in [-0.1, -0.05) is 0 Å². The Morgan fingerprint density at radius 1 is 0.514 bits per heavy atom. The molecule has 0 bridgehead atoms. The first-order chi connectivity index (χ1) is 17.0. The molecule has 1 aliphatic heterocycles. The van der Waals surface area contributed by atoms with Gasteiger partial charge in [-0.15, -0.1) is 0 Å². The van der Waals surface area contributed by atoms with E-state index in [2.05, 4.69) is 18.7 Å². The number of rotatable bonds is 22. The summed E-state index contributed by atoms with van der Waals surface area (Å²) in [7, 11) is 10.4. The van der Waals surface area contributed by atoms with E-state index in [0.717, 1.165) is 25.9 Å². The summed E-state index contributed by atoms with van der Waals surface area (Å²) in [5, 5.41) is 0. The Balaban J connectivity index is 3.87. The van der Waals surface area contributed by atoms with Crippen LogP contribution in [-0.2, 0) is 28.4 Å². The van der Waals surface area contributed by atoms with Gasteiger partial charge >= 0.3 is 219 Å². The van der Waals surface area contributed by atoms with Crippen LogP contribution in [0.1, 0.15) is 19.3 Å². The molecule has 0 aromatic heterocycles. The summed E-state index contributed by atoms with van der Waals surface area (Å²) in [5.74, 6) is 0. The number of piperidine rings is 1. The van der Waals surface area contributed by atoms with Crippen molar-refractivity contribution in [3.8, 4) is 0 Å². The molecule has 0 aromatic carbocycles. The molecule has 0 atom stereocenters. The molecular weight excluding hydrogens is 495 g/mol. The van der Waals surface area contributed by atoms with Crippen LogP contribution < -0.4 is 0 Å². The summed E-state index contributed by atoms with van der Waals surface area (Å²) in [5.41, 5.74) is 0. The molecule has 0 aliphatic carbocycles. The van der Waals surface area contributed by atoms with E-state index in [1.807, 2.05) is 0 Å². The van der Waals surface area contributed by atoms with Crippen molar-refractivity contribution in [3.63, 3.8) is 0 Å². The van der Waals surface area contributed by atoms with E-state index < -0.39 is 6.56 Å². The quantitative estimate of drug-likeness (QED) is 0.189. The van der Waals surface area contributed by atoms with Crippen molar-refractivity contribution < 1.29 is 28.4 Å². The van der Waals surface area contributed by atoms with E-state index in [-0.39, 0.29) is 0 Å². The predicted octanol–water partition coefficient (Wildman–Crippen LogP) is 2.62. The van der Waals surface area contributed by atoms with Gasteiger partial charge in [-0.3, -0.25) is 0 Å². The second-order valence-corrected chi connectivity index (χ2v) is 14.4. The van der Waals surface area contributed by atoms with Crippen molar-refractivity contribution >= 4 is 17.8 Å². The zero-order valence-electron chi connectivity index (χ0n) is 23.1. The van der Waals surface area contributed by atoms with E-state index in [0.29, 0.717) is 78.9 Å². The van der Waals surface area contributed by atoms with Gasteiger partial charge in [-0.2, -0.15) is 0 Å². The molecule has 0 unspecified atom stereocenters. The fourth-order valence-electron chi connectivity index (χ4n) is 4.84. The number of nitrogens with zero attached hydrogens (tertiary/aromatic N) is 4. The first-order valence-electron chi connectivity index (χ1n) is 12.7. The van der Waals surface area contributed by atoms with Crippen LogP contribution in [0.3, 0.4) is 0 Å². The Morgan fingerprint density at radius 2 is 0.771 bits per heavy atom. The topological polar surface area (TPSA) is 68.3 Å². The minimum absolute atomic E-state index is 0.562. The zero-order chi connectivity index (χ0) is 26.0. The summed E-state index contributed by atoms with van der Waals surface area (Å²) < 4.78 is 43.4. The third-order valence-corrected chi connectivity index (χ3v) is 14.7. The molecule has 10 nitrogen and oxygen atoms in total. The maximum atomic E-state index is 8.49. The molecule has 1 aliphatic rings. The average molecular weight is 547 g/mol. The van der Waals surface area contributed by atoms with Crippen molar-refractivity contribution in [1.29, 1.82) is 0 Å². The van der Waals surface area contributed by atoms with Crippen LogP contribution in [0.2, 0.25) is 0 Å². The van der Waals surface area contributed by atoms with E-state index in [1.165, 1.54) is 6.42 Å². The van der Waals surface area contributed by atoms with Crippen molar-refractivity contribution in [3.05, 3.63) is 0 Å². The molecule has 0 saturated carbocycles. The van der Waals surface area contributed by atoms with Crippen LogP contribution >= 0.6 is 17.8 Å². The Hall–Kier alpha value is 0.320. The zero-order valence-corrected chi connectivity index (χ0v) is 24.7. The van der Waals surface area contributed by atoms with E-state index >= 15 is 0 Å². The first-order valence-corrected chi connectivity index (χ1v) is 15.6. The molecule has 1 saturated heterocycles. The van der Waals surface area contributed by atoms with Gasteiger partial charge in [0.15, 0.2) is 0 Å². The van der Waals surface area contributed by atoms with Crippen LogP contribution in [0.5, 0.6) is 0 Å². The predicted molar refractivity (Wildman–Crippen MR) is 144 cm³/mol. The second-order valence-electron chi connectivity index (χ2n) is 8.67. The molecule has 35 heavy (non-hydrogen) atoms. The van der Waals surface area contributed by atoms with E-state index in [4.69, 9.17) is 39.7 Å². The van der Waals surface area contributed by atoms with Crippen molar-refractivity contribution in [2.45, 2.75) is 19.3 Å². The van der Waals surface area contributed by atoms with Crippen LogP contribution in [-0.4, -0.2) is 153 Å². The molecule has 0 spiro atoms. The number of hydrogen-bond donors (Lipinski definition) is 0. The van der Waals surface area contributed by atoms with Gasteiger partial charge in [0.2, 0.25) is 0 Å². The summed E-state index contributed by atoms with van der Waals surface area (Å²) in [6.45, 7) is 5.53. The molecule has 212 valence electrons. The van der Waals surface area contributed by atoms with Crippen molar-refractivity contribution in [2.75, 3.05) is 135 Å². The standard InChI is InChI=1S/C23H52ClN4O6P/c1-29-18-12-26(13-19-30-2)35(24,25-10-8-7-9-11-25,27(14-20-31-3)15-21-32-4)28(16-22-33-5)17-23-34-6/h7-23H2,1-6H3. The fourth-order valence-corrected chi connectivity index (χ4v) is 12.3. The number of hydrogen-bond acceptors (Lipinski definition) is 10. The van der Waals surface area contributed by atoms with Crippen molar-refractivity contribution in [2.24, 2.45) is 0 Å². The van der Waals surface area contributed by atoms with Gasteiger partial charge in [0.25, 0.3) is 0 Å². The van der Waals surface area contributed by atoms with E-state index in [1.54, 1.807) is 42.7 Å². The molecule has 0 amide bonds. The summed E-state index contributed by atoms with van der Waals surface area (Å²) in [6.07, 6.45) is 3.43. The van der Waals surface area contributed by atoms with Crippen LogP contribution in [0.15, 0.2) is 0 Å². The van der Waals surface area contributed by atoms with Crippen molar-refractivity contribution in [1.82, 2.24) is 18.7 Å². The van der Waals surface area contributed by atoms with Gasteiger partial charge in [0.05, 0.1) is 0 Å². The maximum absolute atomic E-state index is 8.49. The van der Waals surface area contributed by atoms with Crippen LogP contribution in [0, 0.1) is 0 Å². The molecule has 0 radical (unpaired) electrons. The SMILES string of the molecule is COCCN(CCOC)P(Cl)(N1CCCCC1)(N(CCOC)CCOC)N(CCOC)CCOC. The van der Waals surface area contributed by atoms with Gasteiger partial charge in [-0.25, -0.2) is 0 Å². The van der Waals surface area contributed by atoms with Gasteiger partial charge < -0.3 is 0 Å². The minimum atomic E-state index is -3.71. The fraction of sp³-hybridized carbons (Fsp3) is 1.00. The van der Waals surface area contributed by atoms with Crippen LogP contribution in [0.4, 0.5) is 0 Å². The summed E-state index contributed by atoms with van der Waals surface area (Å²) in [4.78, 5) is 0. The molecule has 1 rings (SSSR count). The number of methoxy groups -OCH3 is 6. The summed E-state index contributed by atoms with van der Waals surface area (Å²) in [6, 6.07) is 0. The van der Waals surface area contributed by atoms with Gasteiger partial charge in [0.1, 0.15) is 0 Å². The first kappa shape index (κ1) is 33.3. The monoisotopic (exact) mass is 546 g/mol. The number of halogens is 1. The molecule has 1 fully saturated rings. The number of ether oxygens (including phenoxy) is 6. The van der Waals surface area contributed by atoms with Gasteiger partial charge in [0, 0.05) is 0 Å². The molecule has 0 aromatic rings. The molecule has 0 N–H and O–H groups in total. The normalized spacial score (nSPS) is 16.9. The molecular formula is C23H52ClN4O6P. The third kappa shape index (κ3) is 8.67. The average Bonchev–Trinajstić information content (AvgIpc) is 2.89. The van der Waals surface area contributed by atoms with E-state index in [9.17, 15) is 0 Å². The molecule has 12 heteroatoms. The Labute approximate surface area is 218 Å². The Bertz CT molecular complexity index is 459. The molecule has 1 heterocycles. The second kappa shape index (κ2) is 18.6. The Kier molecular flexibility index (Phi) is 17.7. The third-order valence-electron chi connectivity index (χ3n) is 6.60. The Morgan fingerprint density at radius 3 is 1.00 bits per heavy atom. The van der Waals surface area contributed by atoms with Crippen LogP contribution in [0.25, 0.3) is 0 Å².